The Balaban J connectivity index is 2.92. The van der Waals surface area contributed by atoms with Gasteiger partial charge in [-0.1, -0.05) is 25.1 Å². The van der Waals surface area contributed by atoms with Crippen LogP contribution in [0.5, 0.6) is 0 Å². The molecule has 1 atom stereocenters. The Hall–Kier alpha value is -1.36. The van der Waals surface area contributed by atoms with Crippen molar-refractivity contribution in [3.05, 3.63) is 35.4 Å². The summed E-state index contributed by atoms with van der Waals surface area (Å²) < 4.78 is 25.5. The van der Waals surface area contributed by atoms with Gasteiger partial charge in [-0.05, 0) is 31.9 Å². The molecule has 0 fully saturated rings. The molecule has 0 aliphatic rings. The monoisotopic (exact) mass is 255 g/mol. The molecule has 94 valence electrons. The van der Waals surface area contributed by atoms with E-state index in [0.29, 0.717) is 12.0 Å². The second kappa shape index (κ2) is 5.31. The molecular formula is C12H17NO3S. The van der Waals surface area contributed by atoms with Gasteiger partial charge in [0.15, 0.2) is 0 Å². The van der Waals surface area contributed by atoms with Crippen LogP contribution in [0.1, 0.15) is 36.2 Å². The number of amides is 1. The Bertz CT molecular complexity index is 508. The van der Waals surface area contributed by atoms with E-state index in [0.717, 1.165) is 5.56 Å². The first-order chi connectivity index (χ1) is 7.88. The second-order valence-corrected chi connectivity index (χ2v) is 6.11. The fourth-order valence-corrected chi connectivity index (χ4v) is 2.34. The van der Waals surface area contributed by atoms with Crippen molar-refractivity contribution in [2.24, 2.45) is 0 Å². The van der Waals surface area contributed by atoms with Crippen LogP contribution in [0.15, 0.2) is 24.3 Å². The van der Waals surface area contributed by atoms with Gasteiger partial charge in [0.2, 0.25) is 10.0 Å². The molecule has 1 rings (SSSR count). The van der Waals surface area contributed by atoms with Crippen LogP contribution in [0.4, 0.5) is 0 Å². The fourth-order valence-electron chi connectivity index (χ4n) is 1.33. The van der Waals surface area contributed by atoms with Crippen LogP contribution < -0.4 is 4.72 Å². The SMILES string of the molecule is CCC(C)S(=O)(=O)NC(=O)c1ccccc1C. The van der Waals surface area contributed by atoms with Crippen LogP contribution in [0.3, 0.4) is 0 Å². The quantitative estimate of drug-likeness (QED) is 0.893. The summed E-state index contributed by atoms with van der Waals surface area (Å²) in [4.78, 5) is 11.8. The molecule has 1 aromatic rings. The van der Waals surface area contributed by atoms with Gasteiger partial charge in [-0.2, -0.15) is 0 Å². The summed E-state index contributed by atoms with van der Waals surface area (Å²) >= 11 is 0. The van der Waals surface area contributed by atoms with Crippen molar-refractivity contribution in [2.45, 2.75) is 32.4 Å². The van der Waals surface area contributed by atoms with Crippen molar-refractivity contribution in [3.63, 3.8) is 0 Å². The first-order valence-corrected chi connectivity index (χ1v) is 7.04. The zero-order valence-electron chi connectivity index (χ0n) is 10.2. The molecule has 0 bridgehead atoms. The average molecular weight is 255 g/mol. The maximum absolute atomic E-state index is 11.8. The lowest BCUT2D eigenvalue weighted by atomic mass is 10.1. The highest BCUT2D eigenvalue weighted by Gasteiger charge is 2.22. The Morgan fingerprint density at radius 2 is 1.94 bits per heavy atom. The van der Waals surface area contributed by atoms with Gasteiger partial charge in [0.25, 0.3) is 5.91 Å². The third kappa shape index (κ3) is 3.30. The summed E-state index contributed by atoms with van der Waals surface area (Å²) in [6, 6.07) is 6.88. The summed E-state index contributed by atoms with van der Waals surface area (Å²) in [7, 11) is -3.57. The summed E-state index contributed by atoms with van der Waals surface area (Å²) in [6.07, 6.45) is 0.469. The number of benzene rings is 1. The Morgan fingerprint density at radius 1 is 1.35 bits per heavy atom. The number of sulfonamides is 1. The van der Waals surface area contributed by atoms with Crippen LogP contribution in [0.2, 0.25) is 0 Å². The van der Waals surface area contributed by atoms with Crippen molar-refractivity contribution >= 4 is 15.9 Å². The topological polar surface area (TPSA) is 63.2 Å². The molecule has 17 heavy (non-hydrogen) atoms. The normalized spacial score (nSPS) is 13.1. The summed E-state index contributed by atoms with van der Waals surface area (Å²) in [5, 5.41) is -0.574. The predicted octanol–water partition coefficient (Wildman–Crippen LogP) is 1.85. The molecule has 5 heteroatoms. The van der Waals surface area contributed by atoms with E-state index in [2.05, 4.69) is 4.72 Å². The first kappa shape index (κ1) is 13.7. The van der Waals surface area contributed by atoms with Gasteiger partial charge in [0.05, 0.1) is 5.25 Å². The number of aryl methyl sites for hydroxylation is 1. The van der Waals surface area contributed by atoms with Crippen molar-refractivity contribution in [3.8, 4) is 0 Å². The van der Waals surface area contributed by atoms with Crippen molar-refractivity contribution in [1.82, 2.24) is 4.72 Å². The predicted molar refractivity (Wildman–Crippen MR) is 67.3 cm³/mol. The van der Waals surface area contributed by atoms with Gasteiger partial charge in [-0.25, -0.2) is 13.1 Å². The minimum atomic E-state index is -3.57. The highest BCUT2D eigenvalue weighted by Crippen LogP contribution is 2.09. The standard InChI is InChI=1S/C12H17NO3S/c1-4-10(3)17(15,16)13-12(14)11-8-6-5-7-9(11)2/h5-8,10H,4H2,1-3H3,(H,13,14). The first-order valence-electron chi connectivity index (χ1n) is 5.50. The lowest BCUT2D eigenvalue weighted by molar-refractivity contribution is 0.0980. The number of hydrogen-bond donors (Lipinski definition) is 1. The molecule has 0 aromatic heterocycles. The third-order valence-corrected chi connectivity index (χ3v) is 4.59. The number of carbonyl (C=O) groups is 1. The molecule has 1 unspecified atom stereocenters. The number of rotatable bonds is 4. The largest absolute Gasteiger partial charge is 0.268 e. The molecule has 0 aliphatic carbocycles. The van der Waals surface area contributed by atoms with E-state index in [1.54, 1.807) is 45.0 Å². The fraction of sp³-hybridized carbons (Fsp3) is 0.417. The Morgan fingerprint density at radius 3 is 2.47 bits per heavy atom. The molecule has 0 heterocycles. The third-order valence-electron chi connectivity index (χ3n) is 2.73. The Labute approximate surface area is 102 Å². The minimum Gasteiger partial charge on any atom is -0.268 e. The second-order valence-electron chi connectivity index (χ2n) is 4.01. The highest BCUT2D eigenvalue weighted by atomic mass is 32.2. The van der Waals surface area contributed by atoms with E-state index < -0.39 is 21.2 Å². The maximum atomic E-state index is 11.8. The molecule has 0 radical (unpaired) electrons. The van der Waals surface area contributed by atoms with Gasteiger partial charge in [0.1, 0.15) is 0 Å². The summed E-state index contributed by atoms with van der Waals surface area (Å²) in [5.74, 6) is -0.566. The van der Waals surface area contributed by atoms with Crippen LogP contribution in [-0.4, -0.2) is 19.6 Å². The Kier molecular flexibility index (Phi) is 4.28. The molecule has 1 N–H and O–H groups in total. The molecule has 0 saturated heterocycles. The van der Waals surface area contributed by atoms with E-state index in [4.69, 9.17) is 0 Å². The van der Waals surface area contributed by atoms with Gasteiger partial charge in [-0.15, -0.1) is 0 Å². The average Bonchev–Trinajstić information content (AvgIpc) is 2.27. The molecule has 0 spiro atoms. The number of hydrogen-bond acceptors (Lipinski definition) is 3. The lowest BCUT2D eigenvalue weighted by Crippen LogP contribution is -2.37. The molecule has 0 aliphatic heterocycles. The molecular weight excluding hydrogens is 238 g/mol. The van der Waals surface area contributed by atoms with Crippen molar-refractivity contribution in [1.29, 1.82) is 0 Å². The molecule has 4 nitrogen and oxygen atoms in total. The van der Waals surface area contributed by atoms with Crippen LogP contribution >= 0.6 is 0 Å². The maximum Gasteiger partial charge on any atom is 0.264 e. The minimum absolute atomic E-state index is 0.388. The molecule has 1 aromatic carbocycles. The van der Waals surface area contributed by atoms with Gasteiger partial charge < -0.3 is 0 Å². The zero-order valence-corrected chi connectivity index (χ0v) is 11.0. The molecule has 0 saturated carbocycles. The zero-order chi connectivity index (χ0) is 13.1. The van der Waals surface area contributed by atoms with Gasteiger partial charge in [-0.3, -0.25) is 4.79 Å². The summed E-state index contributed by atoms with van der Waals surface area (Å²) in [6.45, 7) is 5.11. The summed E-state index contributed by atoms with van der Waals surface area (Å²) in [5.41, 5.74) is 1.14. The van der Waals surface area contributed by atoms with Gasteiger partial charge >= 0.3 is 0 Å². The smallest absolute Gasteiger partial charge is 0.264 e. The van der Waals surface area contributed by atoms with Crippen LogP contribution in [0, 0.1) is 6.92 Å². The highest BCUT2D eigenvalue weighted by molar-refractivity contribution is 7.90. The van der Waals surface area contributed by atoms with Crippen molar-refractivity contribution in [2.75, 3.05) is 0 Å². The van der Waals surface area contributed by atoms with E-state index in [-0.39, 0.29) is 0 Å². The van der Waals surface area contributed by atoms with E-state index in [1.165, 1.54) is 0 Å². The lowest BCUT2D eigenvalue weighted by Gasteiger charge is -2.12. The number of nitrogens with one attached hydrogen (secondary N) is 1. The van der Waals surface area contributed by atoms with Gasteiger partial charge in [0, 0.05) is 5.56 Å². The van der Waals surface area contributed by atoms with Crippen LogP contribution in [0.25, 0.3) is 0 Å². The van der Waals surface area contributed by atoms with Crippen molar-refractivity contribution < 1.29 is 13.2 Å². The van der Waals surface area contributed by atoms with E-state index >= 15 is 0 Å². The number of carbonyl (C=O) groups excluding carboxylic acids is 1. The van der Waals surface area contributed by atoms with Crippen LogP contribution in [-0.2, 0) is 10.0 Å². The molecule has 1 amide bonds. The van der Waals surface area contributed by atoms with E-state index in [1.807, 2.05) is 0 Å². The van der Waals surface area contributed by atoms with E-state index in [9.17, 15) is 13.2 Å².